The van der Waals surface area contributed by atoms with Gasteiger partial charge in [-0.1, -0.05) is 13.8 Å². The normalized spacial score (nSPS) is 20.9. The third-order valence-corrected chi connectivity index (χ3v) is 6.14. The van der Waals surface area contributed by atoms with Crippen molar-refractivity contribution < 1.29 is 4.79 Å². The molecule has 0 aliphatic carbocycles. The highest BCUT2D eigenvalue weighted by atomic mass is 127. The molecule has 8 heteroatoms. The lowest BCUT2D eigenvalue weighted by atomic mass is 10.2. The minimum atomic E-state index is -0.0112. The van der Waals surface area contributed by atoms with Crippen LogP contribution in [0.25, 0.3) is 0 Å². The van der Waals surface area contributed by atoms with E-state index in [2.05, 4.69) is 52.7 Å². The maximum absolute atomic E-state index is 12.6. The number of likely N-dealkylation sites (tertiary alicyclic amines) is 1. The van der Waals surface area contributed by atoms with Crippen molar-refractivity contribution in [3.05, 3.63) is 0 Å². The topological polar surface area (TPSA) is 54.4 Å². The Kier molecular flexibility index (Phi) is 11.7. The van der Waals surface area contributed by atoms with E-state index in [9.17, 15) is 4.79 Å². The van der Waals surface area contributed by atoms with Crippen LogP contribution >= 0.6 is 24.0 Å². The minimum Gasteiger partial charge on any atom is -0.355 e. The summed E-state index contributed by atoms with van der Waals surface area (Å²) in [5, 5.41) is 3.54. The van der Waals surface area contributed by atoms with Gasteiger partial charge in [-0.15, -0.1) is 24.0 Å². The number of rotatable bonds is 7. The molecular weight excluding hydrogens is 467 g/mol. The van der Waals surface area contributed by atoms with E-state index in [1.165, 1.54) is 0 Å². The fourth-order valence-corrected chi connectivity index (χ4v) is 4.23. The van der Waals surface area contributed by atoms with Gasteiger partial charge in [0, 0.05) is 58.9 Å². The molecule has 0 aromatic rings. The molecule has 2 heterocycles. The molecule has 2 fully saturated rings. The second-order valence-electron chi connectivity index (χ2n) is 7.73. The summed E-state index contributed by atoms with van der Waals surface area (Å²) in [6.45, 7) is 17.3. The molecule has 0 bridgehead atoms. The van der Waals surface area contributed by atoms with Gasteiger partial charge in [-0.05, 0) is 39.8 Å². The quantitative estimate of drug-likeness (QED) is 0.321. The summed E-state index contributed by atoms with van der Waals surface area (Å²) < 4.78 is 0. The number of likely N-dealkylation sites (N-methyl/N-ethyl adjacent to an activating group) is 1. The Balaban J connectivity index is 0.00000392. The van der Waals surface area contributed by atoms with Crippen LogP contribution in [0.15, 0.2) is 4.99 Å². The van der Waals surface area contributed by atoms with E-state index < -0.39 is 0 Å². The van der Waals surface area contributed by atoms with Gasteiger partial charge >= 0.3 is 0 Å². The number of amides is 1. The summed E-state index contributed by atoms with van der Waals surface area (Å²) in [7, 11) is 1.86. The molecule has 1 N–H and O–H groups in total. The van der Waals surface area contributed by atoms with Crippen LogP contribution < -0.4 is 5.32 Å². The maximum atomic E-state index is 12.6. The Hall–Kier alpha value is -0.610. The highest BCUT2D eigenvalue weighted by molar-refractivity contribution is 14.0. The number of halogens is 1. The molecule has 0 radical (unpaired) electrons. The molecule has 0 aromatic heterocycles. The van der Waals surface area contributed by atoms with Gasteiger partial charge in [0.25, 0.3) is 0 Å². The third kappa shape index (κ3) is 6.73. The molecule has 7 nitrogen and oxygen atoms in total. The van der Waals surface area contributed by atoms with Crippen molar-refractivity contribution in [1.82, 2.24) is 24.9 Å². The summed E-state index contributed by atoms with van der Waals surface area (Å²) >= 11 is 0. The Labute approximate surface area is 188 Å². The van der Waals surface area contributed by atoms with Crippen molar-refractivity contribution >= 4 is 35.8 Å². The molecule has 2 atom stereocenters. The lowest BCUT2D eigenvalue weighted by Gasteiger charge is -2.40. The van der Waals surface area contributed by atoms with Crippen LogP contribution in [-0.2, 0) is 4.79 Å². The van der Waals surface area contributed by atoms with Gasteiger partial charge in [0.05, 0.1) is 6.04 Å². The maximum Gasteiger partial charge on any atom is 0.239 e. The van der Waals surface area contributed by atoms with E-state index in [1.807, 2.05) is 11.9 Å². The van der Waals surface area contributed by atoms with E-state index >= 15 is 0 Å². The Bertz CT molecular complexity index is 485. The number of hydrogen-bond acceptors (Lipinski definition) is 4. The van der Waals surface area contributed by atoms with Crippen LogP contribution in [0.5, 0.6) is 0 Å². The summed E-state index contributed by atoms with van der Waals surface area (Å²) in [5.41, 5.74) is 0. The zero-order valence-corrected chi connectivity index (χ0v) is 20.8. The average Bonchev–Trinajstić information content (AvgIpc) is 3.23. The number of piperazine rings is 1. The van der Waals surface area contributed by atoms with E-state index in [4.69, 9.17) is 0 Å². The summed E-state index contributed by atoms with van der Waals surface area (Å²) in [6.07, 6.45) is 2.31. The molecule has 2 saturated heterocycles. The first-order valence-electron chi connectivity index (χ1n) is 10.7. The average molecular weight is 508 g/mol. The van der Waals surface area contributed by atoms with Crippen LogP contribution in [0.2, 0.25) is 0 Å². The standard InChI is InChI=1S/C20H40N6O.HI/c1-6-23(7-2)17(3)16-22-20(21-5)26-14-12-24(13-15-26)18(4)19(27)25-10-8-9-11-25;/h17-18H,6-16H2,1-5H3,(H,21,22);1H. The fourth-order valence-electron chi connectivity index (χ4n) is 4.23. The van der Waals surface area contributed by atoms with Crippen LogP contribution in [-0.4, -0.2) is 110 Å². The molecule has 0 aromatic carbocycles. The number of guanidine groups is 1. The van der Waals surface area contributed by atoms with Crippen molar-refractivity contribution in [3.63, 3.8) is 0 Å². The molecule has 0 saturated carbocycles. The summed E-state index contributed by atoms with van der Waals surface area (Å²) in [4.78, 5) is 26.2. The molecule has 28 heavy (non-hydrogen) atoms. The molecule has 164 valence electrons. The largest absolute Gasteiger partial charge is 0.355 e. The monoisotopic (exact) mass is 508 g/mol. The van der Waals surface area contributed by atoms with Gasteiger partial charge in [0.1, 0.15) is 0 Å². The first kappa shape index (κ1) is 25.4. The number of nitrogens with one attached hydrogen (secondary N) is 1. The molecule has 2 aliphatic rings. The first-order valence-corrected chi connectivity index (χ1v) is 10.7. The Morgan fingerprint density at radius 1 is 1.00 bits per heavy atom. The van der Waals surface area contributed by atoms with E-state index in [0.29, 0.717) is 11.9 Å². The number of hydrogen-bond donors (Lipinski definition) is 1. The van der Waals surface area contributed by atoms with E-state index in [1.54, 1.807) is 0 Å². The van der Waals surface area contributed by atoms with Crippen LogP contribution in [0.1, 0.15) is 40.5 Å². The van der Waals surface area contributed by atoms with Gasteiger partial charge in [0.15, 0.2) is 5.96 Å². The number of aliphatic imine (C=N–C) groups is 1. The highest BCUT2D eigenvalue weighted by Crippen LogP contribution is 2.14. The smallest absolute Gasteiger partial charge is 0.239 e. The predicted molar refractivity (Wildman–Crippen MR) is 128 cm³/mol. The fraction of sp³-hybridized carbons (Fsp3) is 0.900. The third-order valence-electron chi connectivity index (χ3n) is 6.14. The van der Waals surface area contributed by atoms with Gasteiger partial charge in [-0.3, -0.25) is 19.6 Å². The molecule has 1 amide bonds. The number of carbonyl (C=O) groups excluding carboxylic acids is 1. The van der Waals surface area contributed by atoms with Gasteiger partial charge in [0.2, 0.25) is 5.91 Å². The zero-order chi connectivity index (χ0) is 19.8. The van der Waals surface area contributed by atoms with E-state index in [0.717, 1.165) is 77.7 Å². The van der Waals surface area contributed by atoms with Crippen molar-refractivity contribution in [1.29, 1.82) is 0 Å². The lowest BCUT2D eigenvalue weighted by molar-refractivity contribution is -0.135. The summed E-state index contributed by atoms with van der Waals surface area (Å²) in [6, 6.07) is 0.471. The number of carbonyl (C=O) groups is 1. The molecule has 2 aliphatic heterocycles. The summed E-state index contributed by atoms with van der Waals surface area (Å²) in [5.74, 6) is 1.28. The molecule has 0 spiro atoms. The van der Waals surface area contributed by atoms with Crippen LogP contribution in [0.3, 0.4) is 0 Å². The van der Waals surface area contributed by atoms with E-state index in [-0.39, 0.29) is 30.0 Å². The van der Waals surface area contributed by atoms with Crippen molar-refractivity contribution in [2.24, 2.45) is 4.99 Å². The van der Waals surface area contributed by atoms with Gasteiger partial charge in [-0.2, -0.15) is 0 Å². The zero-order valence-electron chi connectivity index (χ0n) is 18.5. The van der Waals surface area contributed by atoms with Crippen molar-refractivity contribution in [2.45, 2.75) is 52.6 Å². The van der Waals surface area contributed by atoms with Gasteiger partial charge in [-0.25, -0.2) is 0 Å². The SMILES string of the molecule is CCN(CC)C(C)CNC(=NC)N1CCN(C(C)C(=O)N2CCCC2)CC1.I. The second-order valence-corrected chi connectivity index (χ2v) is 7.73. The van der Waals surface area contributed by atoms with Gasteiger partial charge < -0.3 is 15.1 Å². The lowest BCUT2D eigenvalue weighted by Crippen LogP contribution is -2.57. The predicted octanol–water partition coefficient (Wildman–Crippen LogP) is 1.54. The minimum absolute atomic E-state index is 0. The molecular formula is C20H41IN6O. The molecule has 2 rings (SSSR count). The highest BCUT2D eigenvalue weighted by Gasteiger charge is 2.30. The Morgan fingerprint density at radius 2 is 1.57 bits per heavy atom. The van der Waals surface area contributed by atoms with Crippen LogP contribution in [0.4, 0.5) is 0 Å². The second kappa shape index (κ2) is 12.8. The Morgan fingerprint density at radius 3 is 2.07 bits per heavy atom. The van der Waals surface area contributed by atoms with Crippen molar-refractivity contribution in [3.8, 4) is 0 Å². The molecule has 2 unspecified atom stereocenters. The first-order chi connectivity index (χ1) is 13.0. The van der Waals surface area contributed by atoms with Crippen LogP contribution in [0, 0.1) is 0 Å². The van der Waals surface area contributed by atoms with Crippen molar-refractivity contribution in [2.75, 3.05) is 66.0 Å². The number of nitrogens with zero attached hydrogens (tertiary/aromatic N) is 5.